The summed E-state index contributed by atoms with van der Waals surface area (Å²) >= 11 is 0. The number of nitrogens with one attached hydrogen (secondary N) is 1. The zero-order valence-corrected chi connectivity index (χ0v) is 10.2. The monoisotopic (exact) mass is 233 g/mol. The van der Waals surface area contributed by atoms with E-state index in [9.17, 15) is 0 Å². The Balaban J connectivity index is 1.92. The predicted molar refractivity (Wildman–Crippen MR) is 67.6 cm³/mol. The fraction of sp³-hybridized carbons (Fsp3) is 0.667. The van der Waals surface area contributed by atoms with Gasteiger partial charge < -0.3 is 16.0 Å². The first kappa shape index (κ1) is 10.8. The highest BCUT2D eigenvalue weighted by Gasteiger charge is 2.24. The first-order valence-electron chi connectivity index (χ1n) is 6.35. The van der Waals surface area contributed by atoms with Crippen molar-refractivity contribution in [3.63, 3.8) is 0 Å². The van der Waals surface area contributed by atoms with Crippen LogP contribution in [-0.4, -0.2) is 23.1 Å². The average Bonchev–Trinajstić information content (AvgIpc) is 2.77. The van der Waals surface area contributed by atoms with Crippen LogP contribution >= 0.6 is 0 Å². The number of fused-ring (bicyclic) bond motifs is 1. The number of rotatable bonds is 1. The zero-order chi connectivity index (χ0) is 11.8. The van der Waals surface area contributed by atoms with Crippen LogP contribution in [0.4, 0.5) is 11.8 Å². The van der Waals surface area contributed by atoms with Crippen molar-refractivity contribution in [3.8, 4) is 0 Å². The highest BCUT2D eigenvalue weighted by Crippen LogP contribution is 2.28. The molecule has 0 saturated carbocycles. The molecule has 5 nitrogen and oxygen atoms in total. The van der Waals surface area contributed by atoms with Crippen molar-refractivity contribution >= 4 is 11.8 Å². The summed E-state index contributed by atoms with van der Waals surface area (Å²) in [7, 11) is 0. The number of hydrogen-bond donors (Lipinski definition) is 2. The maximum absolute atomic E-state index is 5.79. The minimum Gasteiger partial charge on any atom is -0.368 e. The number of nitrogens with zero attached hydrogens (tertiary/aromatic N) is 3. The molecule has 1 aromatic heterocycles. The van der Waals surface area contributed by atoms with Gasteiger partial charge in [-0.25, -0.2) is 4.98 Å². The lowest BCUT2D eigenvalue weighted by atomic mass is 9.99. The van der Waals surface area contributed by atoms with E-state index in [-0.39, 0.29) is 0 Å². The third kappa shape index (κ3) is 1.95. The lowest BCUT2D eigenvalue weighted by Gasteiger charge is -2.32. The van der Waals surface area contributed by atoms with E-state index >= 15 is 0 Å². The molecule has 0 atom stereocenters. The molecule has 92 valence electrons. The van der Waals surface area contributed by atoms with Gasteiger partial charge in [0.25, 0.3) is 0 Å². The molecule has 17 heavy (non-hydrogen) atoms. The minimum atomic E-state index is 0.404. The molecular formula is C12H19N5. The Kier molecular flexibility index (Phi) is 2.63. The SMILES string of the molecule is CC1CCN(c2nc(N)nc3c2CNC3)CC1. The molecule has 3 N–H and O–H groups in total. The summed E-state index contributed by atoms with van der Waals surface area (Å²) in [5, 5.41) is 3.32. The van der Waals surface area contributed by atoms with E-state index in [2.05, 4.69) is 27.1 Å². The topological polar surface area (TPSA) is 67.1 Å². The van der Waals surface area contributed by atoms with Crippen LogP contribution in [0.15, 0.2) is 0 Å². The Morgan fingerprint density at radius 2 is 2.00 bits per heavy atom. The van der Waals surface area contributed by atoms with Crippen molar-refractivity contribution in [1.29, 1.82) is 0 Å². The molecule has 0 aliphatic carbocycles. The molecule has 0 aromatic carbocycles. The summed E-state index contributed by atoms with van der Waals surface area (Å²) in [6.07, 6.45) is 2.48. The Morgan fingerprint density at radius 1 is 1.24 bits per heavy atom. The van der Waals surface area contributed by atoms with Crippen LogP contribution in [0.5, 0.6) is 0 Å². The van der Waals surface area contributed by atoms with Gasteiger partial charge in [0.15, 0.2) is 0 Å². The highest BCUT2D eigenvalue weighted by atomic mass is 15.2. The van der Waals surface area contributed by atoms with Crippen LogP contribution in [0.2, 0.25) is 0 Å². The van der Waals surface area contributed by atoms with Crippen LogP contribution in [-0.2, 0) is 13.1 Å². The van der Waals surface area contributed by atoms with E-state index in [0.29, 0.717) is 5.95 Å². The summed E-state index contributed by atoms with van der Waals surface area (Å²) in [6, 6.07) is 0. The molecule has 2 aliphatic heterocycles. The number of nitrogens with two attached hydrogens (primary N) is 1. The van der Waals surface area contributed by atoms with Gasteiger partial charge in [-0.15, -0.1) is 0 Å². The Hall–Kier alpha value is -1.36. The van der Waals surface area contributed by atoms with Gasteiger partial charge in [-0.3, -0.25) is 0 Å². The van der Waals surface area contributed by atoms with Crippen LogP contribution < -0.4 is 16.0 Å². The van der Waals surface area contributed by atoms with Gasteiger partial charge in [0.05, 0.1) is 5.69 Å². The molecule has 3 heterocycles. The van der Waals surface area contributed by atoms with Gasteiger partial charge in [-0.2, -0.15) is 4.98 Å². The van der Waals surface area contributed by atoms with E-state index in [1.165, 1.54) is 18.4 Å². The molecule has 3 rings (SSSR count). The van der Waals surface area contributed by atoms with Gasteiger partial charge in [0, 0.05) is 31.7 Å². The fourth-order valence-corrected chi connectivity index (χ4v) is 2.65. The molecule has 0 unspecified atom stereocenters. The molecule has 2 aliphatic rings. The number of aromatic nitrogens is 2. The maximum atomic E-state index is 5.79. The van der Waals surface area contributed by atoms with Gasteiger partial charge >= 0.3 is 0 Å². The van der Waals surface area contributed by atoms with E-state index in [4.69, 9.17) is 5.73 Å². The van der Waals surface area contributed by atoms with Crippen LogP contribution in [0.1, 0.15) is 31.0 Å². The fourth-order valence-electron chi connectivity index (χ4n) is 2.65. The van der Waals surface area contributed by atoms with Crippen LogP contribution in [0.3, 0.4) is 0 Å². The van der Waals surface area contributed by atoms with Gasteiger partial charge in [-0.1, -0.05) is 6.92 Å². The quantitative estimate of drug-likeness (QED) is 0.754. The molecule has 1 aromatic rings. The third-order valence-electron chi connectivity index (χ3n) is 3.77. The van der Waals surface area contributed by atoms with Crippen molar-refractivity contribution < 1.29 is 0 Å². The maximum Gasteiger partial charge on any atom is 0.222 e. The molecular weight excluding hydrogens is 214 g/mol. The van der Waals surface area contributed by atoms with Crippen molar-refractivity contribution in [2.45, 2.75) is 32.9 Å². The molecule has 0 spiro atoms. The average molecular weight is 233 g/mol. The van der Waals surface area contributed by atoms with Gasteiger partial charge in [-0.05, 0) is 18.8 Å². The second kappa shape index (κ2) is 4.14. The number of nitrogen functional groups attached to an aromatic ring is 1. The standard InChI is InChI=1S/C12H19N5/c1-8-2-4-17(5-3-8)11-9-6-14-7-10(9)15-12(13)16-11/h8,14H,2-7H2,1H3,(H2,13,15,16). The Morgan fingerprint density at radius 3 is 2.76 bits per heavy atom. The van der Waals surface area contributed by atoms with Gasteiger partial charge in [0.1, 0.15) is 5.82 Å². The highest BCUT2D eigenvalue weighted by molar-refractivity contribution is 5.53. The Bertz CT molecular complexity index is 423. The second-order valence-electron chi connectivity index (χ2n) is 5.10. The predicted octanol–water partition coefficient (Wildman–Crippen LogP) is 0.898. The van der Waals surface area contributed by atoms with Gasteiger partial charge in [0.2, 0.25) is 5.95 Å². The molecule has 0 bridgehead atoms. The third-order valence-corrected chi connectivity index (χ3v) is 3.77. The summed E-state index contributed by atoms with van der Waals surface area (Å²) < 4.78 is 0. The summed E-state index contributed by atoms with van der Waals surface area (Å²) in [4.78, 5) is 11.1. The van der Waals surface area contributed by atoms with E-state index < -0.39 is 0 Å². The smallest absolute Gasteiger partial charge is 0.222 e. The molecule has 0 amide bonds. The van der Waals surface area contributed by atoms with Crippen molar-refractivity contribution in [3.05, 3.63) is 11.3 Å². The normalized spacial score (nSPS) is 20.6. The number of anilines is 2. The number of piperidine rings is 1. The largest absolute Gasteiger partial charge is 0.368 e. The van der Waals surface area contributed by atoms with Crippen molar-refractivity contribution in [2.75, 3.05) is 23.7 Å². The van der Waals surface area contributed by atoms with Crippen LogP contribution in [0.25, 0.3) is 0 Å². The molecule has 1 fully saturated rings. The zero-order valence-electron chi connectivity index (χ0n) is 10.2. The second-order valence-corrected chi connectivity index (χ2v) is 5.10. The lowest BCUT2D eigenvalue weighted by molar-refractivity contribution is 0.436. The van der Waals surface area contributed by atoms with Crippen LogP contribution in [0, 0.1) is 5.92 Å². The van der Waals surface area contributed by atoms with Crippen molar-refractivity contribution in [1.82, 2.24) is 15.3 Å². The summed E-state index contributed by atoms with van der Waals surface area (Å²) in [5.41, 5.74) is 8.11. The lowest BCUT2D eigenvalue weighted by Crippen LogP contribution is -2.34. The van der Waals surface area contributed by atoms with Crippen molar-refractivity contribution in [2.24, 2.45) is 5.92 Å². The van der Waals surface area contributed by atoms with E-state index in [0.717, 1.165) is 43.6 Å². The first-order chi connectivity index (χ1) is 8.24. The number of hydrogen-bond acceptors (Lipinski definition) is 5. The van der Waals surface area contributed by atoms with E-state index in [1.807, 2.05) is 0 Å². The summed E-state index contributed by atoms with van der Waals surface area (Å²) in [6.45, 7) is 6.18. The molecule has 0 radical (unpaired) electrons. The minimum absolute atomic E-state index is 0.404. The van der Waals surface area contributed by atoms with E-state index in [1.54, 1.807) is 0 Å². The molecule has 5 heteroatoms. The molecule has 1 saturated heterocycles. The summed E-state index contributed by atoms with van der Waals surface area (Å²) in [5.74, 6) is 2.29. The Labute approximate surface area is 101 Å². The first-order valence-corrected chi connectivity index (χ1v) is 6.35.